The molecule has 7 heteroatoms. The van der Waals surface area contributed by atoms with E-state index in [-0.39, 0.29) is 5.92 Å². The van der Waals surface area contributed by atoms with Crippen molar-refractivity contribution in [1.29, 1.82) is 0 Å². The number of carbonyl (C=O) groups is 1. The van der Waals surface area contributed by atoms with Gasteiger partial charge in [-0.3, -0.25) is 14.8 Å². The van der Waals surface area contributed by atoms with Crippen LogP contribution in [0.25, 0.3) is 0 Å². The molecule has 0 aliphatic carbocycles. The van der Waals surface area contributed by atoms with Gasteiger partial charge in [-0.05, 0) is 26.2 Å². The summed E-state index contributed by atoms with van der Waals surface area (Å²) in [5.74, 6) is 0.461. The molecule has 0 spiro atoms. The van der Waals surface area contributed by atoms with E-state index in [2.05, 4.69) is 15.1 Å². The Labute approximate surface area is 142 Å². The van der Waals surface area contributed by atoms with Gasteiger partial charge in [-0.25, -0.2) is 0 Å². The van der Waals surface area contributed by atoms with E-state index in [1.54, 1.807) is 0 Å². The SMILES string of the molecule is Cc1[nH]nc(CN2CCCN(C(=O)C3CCOCC3)CC2)c1Cl. The molecule has 6 nitrogen and oxygen atoms in total. The zero-order valence-electron chi connectivity index (χ0n) is 13.7. The first-order valence-electron chi connectivity index (χ1n) is 8.43. The van der Waals surface area contributed by atoms with Gasteiger partial charge in [0.2, 0.25) is 5.91 Å². The van der Waals surface area contributed by atoms with E-state index in [1.165, 1.54) is 0 Å². The van der Waals surface area contributed by atoms with Crippen LogP contribution in [0.15, 0.2) is 0 Å². The highest BCUT2D eigenvalue weighted by Crippen LogP contribution is 2.21. The molecule has 1 N–H and O–H groups in total. The second kappa shape index (κ2) is 7.64. The fourth-order valence-electron chi connectivity index (χ4n) is 3.33. The van der Waals surface area contributed by atoms with Gasteiger partial charge in [0.15, 0.2) is 0 Å². The van der Waals surface area contributed by atoms with Gasteiger partial charge < -0.3 is 9.64 Å². The molecule has 0 saturated carbocycles. The van der Waals surface area contributed by atoms with E-state index in [4.69, 9.17) is 16.3 Å². The molecular formula is C16H25ClN4O2. The van der Waals surface area contributed by atoms with Gasteiger partial charge in [-0.15, -0.1) is 0 Å². The molecule has 0 bridgehead atoms. The number of ether oxygens (including phenoxy) is 1. The molecular weight excluding hydrogens is 316 g/mol. The zero-order valence-corrected chi connectivity index (χ0v) is 14.4. The summed E-state index contributed by atoms with van der Waals surface area (Å²) in [7, 11) is 0. The van der Waals surface area contributed by atoms with E-state index in [1.807, 2.05) is 11.8 Å². The summed E-state index contributed by atoms with van der Waals surface area (Å²) in [4.78, 5) is 17.0. The van der Waals surface area contributed by atoms with Crippen molar-refractivity contribution in [2.75, 3.05) is 39.4 Å². The van der Waals surface area contributed by atoms with Gasteiger partial charge in [0.05, 0.1) is 16.4 Å². The van der Waals surface area contributed by atoms with Crippen LogP contribution in [0, 0.1) is 12.8 Å². The minimum atomic E-state index is 0.152. The van der Waals surface area contributed by atoms with E-state index in [9.17, 15) is 4.79 Å². The number of aromatic amines is 1. The molecule has 2 aliphatic heterocycles. The van der Waals surface area contributed by atoms with Crippen LogP contribution >= 0.6 is 11.6 Å². The molecule has 1 aromatic heterocycles. The number of aromatic nitrogens is 2. The lowest BCUT2D eigenvalue weighted by atomic mass is 9.98. The maximum atomic E-state index is 12.6. The van der Waals surface area contributed by atoms with E-state index < -0.39 is 0 Å². The van der Waals surface area contributed by atoms with Crippen LogP contribution in [0.3, 0.4) is 0 Å². The number of nitrogens with zero attached hydrogens (tertiary/aromatic N) is 3. The Bertz CT molecular complexity index is 542. The highest BCUT2D eigenvalue weighted by atomic mass is 35.5. The normalized spacial score (nSPS) is 21.4. The van der Waals surface area contributed by atoms with Crippen LogP contribution in [-0.4, -0.2) is 65.3 Å². The van der Waals surface area contributed by atoms with Crippen molar-refractivity contribution in [2.45, 2.75) is 32.7 Å². The first kappa shape index (κ1) is 16.7. The Morgan fingerprint density at radius 1 is 1.30 bits per heavy atom. The largest absolute Gasteiger partial charge is 0.381 e. The Kier molecular flexibility index (Phi) is 5.56. The van der Waals surface area contributed by atoms with Gasteiger partial charge in [-0.2, -0.15) is 5.10 Å². The number of amides is 1. The van der Waals surface area contributed by atoms with Crippen molar-refractivity contribution in [3.05, 3.63) is 16.4 Å². The molecule has 0 radical (unpaired) electrons. The summed E-state index contributed by atoms with van der Waals surface area (Å²) in [5.41, 5.74) is 1.81. The third-order valence-corrected chi connectivity index (χ3v) is 5.29. The summed E-state index contributed by atoms with van der Waals surface area (Å²) in [6.45, 7) is 7.58. The molecule has 3 rings (SSSR count). The maximum absolute atomic E-state index is 12.6. The Balaban J connectivity index is 1.54. The van der Waals surface area contributed by atoms with Gasteiger partial charge >= 0.3 is 0 Å². The maximum Gasteiger partial charge on any atom is 0.225 e. The van der Waals surface area contributed by atoms with Gasteiger partial charge in [-0.1, -0.05) is 11.6 Å². The predicted molar refractivity (Wildman–Crippen MR) is 88.4 cm³/mol. The molecule has 23 heavy (non-hydrogen) atoms. The average Bonchev–Trinajstić information content (AvgIpc) is 2.79. The van der Waals surface area contributed by atoms with Crippen molar-refractivity contribution in [2.24, 2.45) is 5.92 Å². The van der Waals surface area contributed by atoms with E-state index >= 15 is 0 Å². The summed E-state index contributed by atoms with van der Waals surface area (Å²) in [6, 6.07) is 0. The molecule has 128 valence electrons. The lowest BCUT2D eigenvalue weighted by molar-refractivity contribution is -0.138. The Morgan fingerprint density at radius 3 is 2.78 bits per heavy atom. The first-order valence-corrected chi connectivity index (χ1v) is 8.81. The van der Waals surface area contributed by atoms with E-state index in [0.717, 1.165) is 68.4 Å². The molecule has 2 aliphatic rings. The van der Waals surface area contributed by atoms with Crippen LogP contribution < -0.4 is 0 Å². The first-order chi connectivity index (χ1) is 11.1. The van der Waals surface area contributed by atoms with Gasteiger partial charge in [0.1, 0.15) is 0 Å². The minimum absolute atomic E-state index is 0.152. The molecule has 0 aromatic carbocycles. The van der Waals surface area contributed by atoms with Crippen molar-refractivity contribution in [3.8, 4) is 0 Å². The summed E-state index contributed by atoms with van der Waals surface area (Å²) >= 11 is 6.25. The number of H-pyrrole nitrogens is 1. The Hall–Kier alpha value is -1.11. The van der Waals surface area contributed by atoms with Crippen LogP contribution in [0.4, 0.5) is 0 Å². The standard InChI is InChI=1S/C16H25ClN4O2/c1-12-15(17)14(19-18-12)11-20-5-2-6-21(8-7-20)16(22)13-3-9-23-10-4-13/h13H,2-11H2,1H3,(H,18,19). The monoisotopic (exact) mass is 340 g/mol. The summed E-state index contributed by atoms with van der Waals surface area (Å²) in [6.07, 6.45) is 2.72. The summed E-state index contributed by atoms with van der Waals surface area (Å²) in [5, 5.41) is 7.93. The fourth-order valence-corrected chi connectivity index (χ4v) is 3.48. The third-order valence-electron chi connectivity index (χ3n) is 4.79. The number of aryl methyl sites for hydroxylation is 1. The van der Waals surface area contributed by atoms with Crippen molar-refractivity contribution >= 4 is 17.5 Å². The fraction of sp³-hybridized carbons (Fsp3) is 0.750. The topological polar surface area (TPSA) is 61.5 Å². The number of nitrogens with one attached hydrogen (secondary N) is 1. The van der Waals surface area contributed by atoms with Crippen molar-refractivity contribution in [3.63, 3.8) is 0 Å². The van der Waals surface area contributed by atoms with Crippen LogP contribution in [0.1, 0.15) is 30.7 Å². The molecule has 3 heterocycles. The van der Waals surface area contributed by atoms with Crippen LogP contribution in [0.5, 0.6) is 0 Å². The Morgan fingerprint density at radius 2 is 2.09 bits per heavy atom. The number of carbonyl (C=O) groups excluding carboxylic acids is 1. The molecule has 2 fully saturated rings. The van der Waals surface area contributed by atoms with Crippen LogP contribution in [-0.2, 0) is 16.1 Å². The molecule has 1 aromatic rings. The van der Waals surface area contributed by atoms with Crippen LogP contribution in [0.2, 0.25) is 5.02 Å². The number of hydrogen-bond donors (Lipinski definition) is 1. The molecule has 0 atom stereocenters. The molecule has 2 saturated heterocycles. The highest BCUT2D eigenvalue weighted by Gasteiger charge is 2.28. The van der Waals surface area contributed by atoms with Gasteiger partial charge in [0, 0.05) is 51.9 Å². The second-order valence-corrected chi connectivity index (χ2v) is 6.83. The van der Waals surface area contributed by atoms with Gasteiger partial charge in [0.25, 0.3) is 0 Å². The van der Waals surface area contributed by atoms with Crippen molar-refractivity contribution < 1.29 is 9.53 Å². The summed E-state index contributed by atoms with van der Waals surface area (Å²) < 4.78 is 5.36. The molecule has 0 unspecified atom stereocenters. The second-order valence-electron chi connectivity index (χ2n) is 6.45. The average molecular weight is 341 g/mol. The number of rotatable bonds is 3. The van der Waals surface area contributed by atoms with E-state index in [0.29, 0.717) is 19.1 Å². The molecule has 1 amide bonds. The minimum Gasteiger partial charge on any atom is -0.381 e. The third kappa shape index (κ3) is 4.05. The highest BCUT2D eigenvalue weighted by molar-refractivity contribution is 6.31. The smallest absolute Gasteiger partial charge is 0.225 e. The number of halogens is 1. The lowest BCUT2D eigenvalue weighted by Gasteiger charge is -2.28. The number of hydrogen-bond acceptors (Lipinski definition) is 4. The predicted octanol–water partition coefficient (Wildman–Crippen LogP) is 1.83. The van der Waals surface area contributed by atoms with Crippen molar-refractivity contribution in [1.82, 2.24) is 20.0 Å². The lowest BCUT2D eigenvalue weighted by Crippen LogP contribution is -2.40. The zero-order chi connectivity index (χ0) is 16.2. The quantitative estimate of drug-likeness (QED) is 0.912.